The number of benzene rings is 2. The third-order valence-corrected chi connectivity index (χ3v) is 3.20. The molecule has 112 valence electrons. The second-order valence-electron chi connectivity index (χ2n) is 4.96. The van der Waals surface area contributed by atoms with Crippen molar-refractivity contribution in [1.82, 2.24) is 0 Å². The minimum Gasteiger partial charge on any atom is -0.490 e. The van der Waals surface area contributed by atoms with Gasteiger partial charge in [0, 0.05) is 6.04 Å². The summed E-state index contributed by atoms with van der Waals surface area (Å²) in [5, 5.41) is 0.605. The van der Waals surface area contributed by atoms with Crippen molar-refractivity contribution in [3.8, 4) is 11.5 Å². The van der Waals surface area contributed by atoms with Gasteiger partial charge in [0.15, 0.2) is 0 Å². The lowest BCUT2D eigenvalue weighted by molar-refractivity contribution is 0.217. The maximum absolute atomic E-state index is 6.20. The van der Waals surface area contributed by atoms with E-state index in [0.717, 1.165) is 17.7 Å². The van der Waals surface area contributed by atoms with Crippen molar-refractivity contribution in [3.63, 3.8) is 0 Å². The number of ether oxygens (including phenoxy) is 2. The number of rotatable bonds is 7. The Kier molecular flexibility index (Phi) is 5.90. The van der Waals surface area contributed by atoms with Gasteiger partial charge in [0.05, 0.1) is 5.02 Å². The molecule has 0 aliphatic rings. The molecule has 1 atom stereocenters. The fraction of sp³-hybridized carbons (Fsp3) is 0.294. The quantitative estimate of drug-likeness (QED) is 0.794. The predicted molar refractivity (Wildman–Crippen MR) is 86.2 cm³/mol. The summed E-state index contributed by atoms with van der Waals surface area (Å²) in [4.78, 5) is 0. The van der Waals surface area contributed by atoms with E-state index in [1.165, 1.54) is 0 Å². The van der Waals surface area contributed by atoms with Gasteiger partial charge >= 0.3 is 0 Å². The van der Waals surface area contributed by atoms with Crippen LogP contribution in [0.1, 0.15) is 12.5 Å². The minimum atomic E-state index is 0.118. The van der Waals surface area contributed by atoms with Gasteiger partial charge in [-0.3, -0.25) is 0 Å². The van der Waals surface area contributed by atoms with Gasteiger partial charge in [0.1, 0.15) is 24.7 Å². The molecule has 0 saturated carbocycles. The van der Waals surface area contributed by atoms with Crippen LogP contribution in [0, 0.1) is 0 Å². The maximum Gasteiger partial charge on any atom is 0.138 e. The first-order chi connectivity index (χ1) is 10.1. The van der Waals surface area contributed by atoms with Crippen LogP contribution in [0.15, 0.2) is 48.5 Å². The van der Waals surface area contributed by atoms with Crippen LogP contribution in [0.4, 0.5) is 0 Å². The number of nitrogens with two attached hydrogens (primary N) is 1. The topological polar surface area (TPSA) is 44.5 Å². The number of hydrogen-bond donors (Lipinski definition) is 1. The second kappa shape index (κ2) is 7.91. The molecule has 0 spiro atoms. The van der Waals surface area contributed by atoms with Crippen molar-refractivity contribution < 1.29 is 9.47 Å². The summed E-state index contributed by atoms with van der Waals surface area (Å²) in [5.41, 5.74) is 6.89. The summed E-state index contributed by atoms with van der Waals surface area (Å²) < 4.78 is 11.2. The second-order valence-corrected chi connectivity index (χ2v) is 5.36. The van der Waals surface area contributed by atoms with E-state index in [9.17, 15) is 0 Å². The van der Waals surface area contributed by atoms with Crippen molar-refractivity contribution in [2.45, 2.75) is 19.4 Å². The molecule has 0 fully saturated rings. The Bertz CT molecular complexity index is 558. The van der Waals surface area contributed by atoms with E-state index < -0.39 is 0 Å². The normalized spacial score (nSPS) is 12.0. The molecule has 0 heterocycles. The van der Waals surface area contributed by atoms with Gasteiger partial charge in [0.25, 0.3) is 0 Å². The molecule has 2 aromatic rings. The molecule has 0 radical (unpaired) electrons. The zero-order valence-corrected chi connectivity index (χ0v) is 12.8. The highest BCUT2D eigenvalue weighted by Crippen LogP contribution is 2.25. The molecule has 3 nitrogen and oxygen atoms in total. The molecule has 21 heavy (non-hydrogen) atoms. The van der Waals surface area contributed by atoms with Crippen LogP contribution in [-0.4, -0.2) is 19.3 Å². The first-order valence-electron chi connectivity index (χ1n) is 7.00. The molecule has 0 amide bonds. The van der Waals surface area contributed by atoms with Gasteiger partial charge in [-0.15, -0.1) is 0 Å². The van der Waals surface area contributed by atoms with Crippen LogP contribution in [0.2, 0.25) is 5.02 Å². The van der Waals surface area contributed by atoms with Crippen LogP contribution in [0.5, 0.6) is 11.5 Å². The standard InChI is InChI=1S/C17H20ClNO2/c1-13(19)11-14-7-8-17(16(18)12-14)21-10-9-20-15-5-3-2-4-6-15/h2-8,12-13H,9-11,19H2,1H3. The number of para-hydroxylation sites is 1. The Hall–Kier alpha value is -1.71. The van der Waals surface area contributed by atoms with Crippen LogP contribution in [0.3, 0.4) is 0 Å². The number of hydrogen-bond acceptors (Lipinski definition) is 3. The van der Waals surface area contributed by atoms with Crippen molar-refractivity contribution in [2.24, 2.45) is 5.73 Å². The Labute approximate surface area is 130 Å². The molecule has 4 heteroatoms. The van der Waals surface area contributed by atoms with Crippen molar-refractivity contribution in [2.75, 3.05) is 13.2 Å². The molecule has 0 aliphatic carbocycles. The van der Waals surface area contributed by atoms with Crippen LogP contribution in [0.25, 0.3) is 0 Å². The van der Waals surface area contributed by atoms with Gasteiger partial charge in [-0.2, -0.15) is 0 Å². The smallest absolute Gasteiger partial charge is 0.138 e. The van der Waals surface area contributed by atoms with Crippen molar-refractivity contribution >= 4 is 11.6 Å². The minimum absolute atomic E-state index is 0.118. The first kappa shape index (κ1) is 15.7. The molecular formula is C17H20ClNO2. The summed E-state index contributed by atoms with van der Waals surface area (Å²) >= 11 is 6.20. The Morgan fingerprint density at radius 2 is 1.76 bits per heavy atom. The molecule has 0 saturated heterocycles. The molecule has 2 rings (SSSR count). The van der Waals surface area contributed by atoms with E-state index in [-0.39, 0.29) is 6.04 Å². The van der Waals surface area contributed by atoms with E-state index in [1.54, 1.807) is 0 Å². The van der Waals surface area contributed by atoms with Gasteiger partial charge in [-0.25, -0.2) is 0 Å². The van der Waals surface area contributed by atoms with Crippen molar-refractivity contribution in [1.29, 1.82) is 0 Å². The molecule has 0 bridgehead atoms. The maximum atomic E-state index is 6.20. The van der Waals surface area contributed by atoms with Gasteiger partial charge < -0.3 is 15.2 Å². The molecule has 1 unspecified atom stereocenters. The van der Waals surface area contributed by atoms with Gasteiger partial charge in [-0.05, 0) is 43.2 Å². The van der Waals surface area contributed by atoms with E-state index in [4.69, 9.17) is 26.8 Å². The Morgan fingerprint density at radius 3 is 2.43 bits per heavy atom. The highest BCUT2D eigenvalue weighted by Gasteiger charge is 2.05. The summed E-state index contributed by atoms with van der Waals surface area (Å²) in [5.74, 6) is 1.50. The lowest BCUT2D eigenvalue weighted by Crippen LogP contribution is -2.17. The highest BCUT2D eigenvalue weighted by atomic mass is 35.5. The fourth-order valence-corrected chi connectivity index (χ4v) is 2.25. The summed E-state index contributed by atoms with van der Waals surface area (Å²) in [6, 6.07) is 15.5. The predicted octanol–water partition coefficient (Wildman–Crippen LogP) is 3.69. The van der Waals surface area contributed by atoms with Crippen LogP contribution in [-0.2, 0) is 6.42 Å². The molecule has 0 aliphatic heterocycles. The molecular weight excluding hydrogens is 286 g/mol. The molecule has 2 aromatic carbocycles. The first-order valence-corrected chi connectivity index (χ1v) is 7.37. The monoisotopic (exact) mass is 305 g/mol. The third-order valence-electron chi connectivity index (χ3n) is 2.91. The van der Waals surface area contributed by atoms with Crippen LogP contribution < -0.4 is 15.2 Å². The third kappa shape index (κ3) is 5.29. The van der Waals surface area contributed by atoms with E-state index in [1.807, 2.05) is 55.5 Å². The average molecular weight is 306 g/mol. The summed E-state index contributed by atoms with van der Waals surface area (Å²) in [7, 11) is 0. The zero-order chi connectivity index (χ0) is 15.1. The zero-order valence-electron chi connectivity index (χ0n) is 12.1. The van der Waals surface area contributed by atoms with E-state index >= 15 is 0 Å². The van der Waals surface area contributed by atoms with Crippen molar-refractivity contribution in [3.05, 3.63) is 59.1 Å². The van der Waals surface area contributed by atoms with Gasteiger partial charge in [-0.1, -0.05) is 35.9 Å². The summed E-state index contributed by atoms with van der Waals surface area (Å²) in [6.07, 6.45) is 0.803. The van der Waals surface area contributed by atoms with E-state index in [0.29, 0.717) is 24.0 Å². The Morgan fingerprint density at radius 1 is 1.05 bits per heavy atom. The Balaban J connectivity index is 1.80. The highest BCUT2D eigenvalue weighted by molar-refractivity contribution is 6.32. The van der Waals surface area contributed by atoms with Gasteiger partial charge in [0.2, 0.25) is 0 Å². The molecule has 0 aromatic heterocycles. The molecule has 2 N–H and O–H groups in total. The lowest BCUT2D eigenvalue weighted by atomic mass is 10.1. The van der Waals surface area contributed by atoms with E-state index in [2.05, 4.69) is 0 Å². The largest absolute Gasteiger partial charge is 0.490 e. The average Bonchev–Trinajstić information content (AvgIpc) is 2.46. The number of halogens is 1. The fourth-order valence-electron chi connectivity index (χ4n) is 1.99. The summed E-state index contributed by atoms with van der Waals surface area (Å²) in [6.45, 7) is 2.89. The lowest BCUT2D eigenvalue weighted by Gasteiger charge is -2.11. The SMILES string of the molecule is CC(N)Cc1ccc(OCCOc2ccccc2)c(Cl)c1. The van der Waals surface area contributed by atoms with Crippen LogP contribution >= 0.6 is 11.6 Å².